The van der Waals surface area contributed by atoms with Gasteiger partial charge >= 0.3 is 0 Å². The van der Waals surface area contributed by atoms with Gasteiger partial charge in [-0.2, -0.15) is 0 Å². The summed E-state index contributed by atoms with van der Waals surface area (Å²) in [4.78, 5) is 30.1. The molecule has 0 spiro atoms. The number of hydrogen-bond acceptors (Lipinski definition) is 4. The minimum Gasteiger partial charge on any atom is -0.335 e. The predicted octanol–water partition coefficient (Wildman–Crippen LogP) is 4.26. The number of para-hydroxylation sites is 1. The fourth-order valence-corrected chi connectivity index (χ4v) is 4.95. The van der Waals surface area contributed by atoms with Crippen molar-refractivity contribution in [2.24, 2.45) is 0 Å². The van der Waals surface area contributed by atoms with Crippen LogP contribution in [0.2, 0.25) is 5.02 Å². The second kappa shape index (κ2) is 8.53. The lowest BCUT2D eigenvalue weighted by atomic mass is 10.1. The van der Waals surface area contributed by atoms with Crippen LogP contribution in [0.15, 0.2) is 48.5 Å². The molecule has 0 radical (unpaired) electrons. The van der Waals surface area contributed by atoms with E-state index in [1.165, 1.54) is 0 Å². The number of hydrogen-bond donors (Lipinski definition) is 1. The lowest BCUT2D eigenvalue weighted by Crippen LogP contribution is -2.50. The summed E-state index contributed by atoms with van der Waals surface area (Å²) in [5, 5.41) is 4.52. The highest BCUT2D eigenvalue weighted by Crippen LogP contribution is 2.31. The van der Waals surface area contributed by atoms with Crippen LogP contribution in [0.1, 0.15) is 15.2 Å². The lowest BCUT2D eigenvalue weighted by molar-refractivity contribution is -0.117. The van der Waals surface area contributed by atoms with Crippen LogP contribution in [-0.4, -0.2) is 54.3 Å². The van der Waals surface area contributed by atoms with Crippen LogP contribution >= 0.6 is 22.9 Å². The molecule has 0 saturated carbocycles. The first-order chi connectivity index (χ1) is 14.0. The number of thiophene rings is 1. The smallest absolute Gasteiger partial charge is 0.264 e. The normalized spacial score (nSPS) is 14.9. The van der Waals surface area contributed by atoms with Gasteiger partial charge in [-0.25, -0.2) is 0 Å². The van der Waals surface area contributed by atoms with E-state index in [1.54, 1.807) is 23.5 Å². The zero-order valence-electron chi connectivity index (χ0n) is 16.2. The van der Waals surface area contributed by atoms with Crippen molar-refractivity contribution in [1.82, 2.24) is 9.80 Å². The van der Waals surface area contributed by atoms with E-state index in [2.05, 4.69) is 22.3 Å². The first kappa shape index (κ1) is 19.9. The van der Waals surface area contributed by atoms with Gasteiger partial charge in [0, 0.05) is 30.9 Å². The minimum absolute atomic E-state index is 0.0869. The number of carbonyl (C=O) groups excluding carboxylic acids is 2. The molecule has 29 heavy (non-hydrogen) atoms. The molecule has 1 aliphatic heterocycles. The summed E-state index contributed by atoms with van der Waals surface area (Å²) in [6.07, 6.45) is 0. The van der Waals surface area contributed by atoms with Crippen molar-refractivity contribution in [2.75, 3.05) is 38.0 Å². The number of rotatable bonds is 4. The third-order valence-electron chi connectivity index (χ3n) is 5.21. The van der Waals surface area contributed by atoms with E-state index >= 15 is 0 Å². The average molecular weight is 428 g/mol. The van der Waals surface area contributed by atoms with Gasteiger partial charge in [0.2, 0.25) is 5.91 Å². The molecule has 2 amide bonds. The molecule has 0 bridgehead atoms. The van der Waals surface area contributed by atoms with Crippen molar-refractivity contribution in [2.45, 2.75) is 6.92 Å². The molecular formula is C22H22ClN3O2S. The first-order valence-electron chi connectivity index (χ1n) is 9.57. The van der Waals surface area contributed by atoms with Gasteiger partial charge in [-0.3, -0.25) is 14.5 Å². The Morgan fingerprint density at radius 3 is 2.45 bits per heavy atom. The second-order valence-corrected chi connectivity index (χ2v) is 8.61. The van der Waals surface area contributed by atoms with E-state index in [1.807, 2.05) is 36.1 Å². The molecule has 1 saturated heterocycles. The van der Waals surface area contributed by atoms with E-state index in [0.29, 0.717) is 36.9 Å². The van der Waals surface area contributed by atoms with Crippen LogP contribution < -0.4 is 5.32 Å². The van der Waals surface area contributed by atoms with Crippen molar-refractivity contribution < 1.29 is 9.59 Å². The topological polar surface area (TPSA) is 52.7 Å². The average Bonchev–Trinajstić information content (AvgIpc) is 3.07. The molecule has 0 atom stereocenters. The molecule has 1 aromatic heterocycles. The molecule has 4 rings (SSSR count). The van der Waals surface area contributed by atoms with Crippen LogP contribution in [0.3, 0.4) is 0 Å². The molecular weight excluding hydrogens is 406 g/mol. The van der Waals surface area contributed by atoms with E-state index in [-0.39, 0.29) is 18.4 Å². The molecule has 1 N–H and O–H groups in total. The molecule has 0 aliphatic carbocycles. The number of anilines is 1. The summed E-state index contributed by atoms with van der Waals surface area (Å²) in [5.41, 5.74) is 1.67. The summed E-state index contributed by atoms with van der Waals surface area (Å²) in [7, 11) is 0. The highest BCUT2D eigenvalue weighted by Gasteiger charge is 2.26. The summed E-state index contributed by atoms with van der Waals surface area (Å²) in [6.45, 7) is 4.88. The maximum absolute atomic E-state index is 13.0. The number of nitrogens with one attached hydrogen (secondary N) is 1. The standard InChI is InChI=1S/C22H22ClN3O2S/c1-15-16-6-2-5-9-19(16)29-21(15)22(28)26-12-10-25(11-13-26)14-20(27)24-18-8-4-3-7-17(18)23/h2-9H,10-14H2,1H3,(H,24,27). The lowest BCUT2D eigenvalue weighted by Gasteiger charge is -2.34. The minimum atomic E-state index is -0.0989. The Bertz CT molecular complexity index is 1060. The SMILES string of the molecule is Cc1c(C(=O)N2CCN(CC(=O)Nc3ccccc3Cl)CC2)sc2ccccc12. The zero-order chi connectivity index (χ0) is 20.4. The summed E-state index contributed by atoms with van der Waals surface area (Å²) in [6, 6.07) is 15.3. The van der Waals surface area contributed by atoms with Gasteiger partial charge in [0.25, 0.3) is 5.91 Å². The third-order valence-corrected chi connectivity index (χ3v) is 6.80. The molecule has 2 heterocycles. The number of aryl methyl sites for hydroxylation is 1. The fraction of sp³-hybridized carbons (Fsp3) is 0.273. The molecule has 0 unspecified atom stereocenters. The molecule has 7 heteroatoms. The van der Waals surface area contributed by atoms with Gasteiger partial charge in [-0.15, -0.1) is 11.3 Å². The highest BCUT2D eigenvalue weighted by atomic mass is 35.5. The van der Waals surface area contributed by atoms with Gasteiger partial charge in [0.15, 0.2) is 0 Å². The number of fused-ring (bicyclic) bond motifs is 1. The van der Waals surface area contributed by atoms with Crippen molar-refractivity contribution >= 4 is 50.5 Å². The number of benzene rings is 2. The Morgan fingerprint density at radius 1 is 1.03 bits per heavy atom. The third kappa shape index (κ3) is 4.29. The van der Waals surface area contributed by atoms with E-state index in [0.717, 1.165) is 20.5 Å². The summed E-state index contributed by atoms with van der Waals surface area (Å²) < 4.78 is 1.14. The zero-order valence-corrected chi connectivity index (χ0v) is 17.7. The molecule has 3 aromatic rings. The Labute approximate surface area is 178 Å². The van der Waals surface area contributed by atoms with Crippen LogP contribution in [0.4, 0.5) is 5.69 Å². The second-order valence-electron chi connectivity index (χ2n) is 7.15. The summed E-state index contributed by atoms with van der Waals surface area (Å²) >= 11 is 7.65. The Hall–Kier alpha value is -2.41. The van der Waals surface area contributed by atoms with Crippen molar-refractivity contribution in [1.29, 1.82) is 0 Å². The number of carbonyl (C=O) groups is 2. The Kier molecular flexibility index (Phi) is 5.85. The Morgan fingerprint density at radius 2 is 1.72 bits per heavy atom. The monoisotopic (exact) mass is 427 g/mol. The van der Waals surface area contributed by atoms with Crippen LogP contribution in [-0.2, 0) is 4.79 Å². The van der Waals surface area contributed by atoms with Crippen molar-refractivity contribution in [3.63, 3.8) is 0 Å². The fourth-order valence-electron chi connectivity index (χ4n) is 3.59. The molecule has 150 valence electrons. The van der Waals surface area contributed by atoms with Gasteiger partial charge in [0.05, 0.1) is 22.1 Å². The molecule has 1 aliphatic rings. The molecule has 1 fully saturated rings. The summed E-state index contributed by atoms with van der Waals surface area (Å²) in [5.74, 6) is -0.0119. The van der Waals surface area contributed by atoms with E-state index in [9.17, 15) is 9.59 Å². The number of piperazine rings is 1. The first-order valence-corrected chi connectivity index (χ1v) is 10.8. The number of nitrogens with zero attached hydrogens (tertiary/aromatic N) is 2. The largest absolute Gasteiger partial charge is 0.335 e. The van der Waals surface area contributed by atoms with Crippen LogP contribution in [0, 0.1) is 6.92 Å². The highest BCUT2D eigenvalue weighted by molar-refractivity contribution is 7.21. The van der Waals surface area contributed by atoms with Gasteiger partial charge < -0.3 is 10.2 Å². The van der Waals surface area contributed by atoms with Gasteiger partial charge in [-0.05, 0) is 36.1 Å². The van der Waals surface area contributed by atoms with Crippen molar-refractivity contribution in [3.8, 4) is 0 Å². The molecule has 2 aromatic carbocycles. The maximum atomic E-state index is 13.0. The van der Waals surface area contributed by atoms with Crippen LogP contribution in [0.25, 0.3) is 10.1 Å². The van der Waals surface area contributed by atoms with E-state index in [4.69, 9.17) is 11.6 Å². The number of halogens is 1. The Balaban J connectivity index is 1.34. The number of amides is 2. The van der Waals surface area contributed by atoms with Gasteiger partial charge in [0.1, 0.15) is 0 Å². The quantitative estimate of drug-likeness (QED) is 0.676. The van der Waals surface area contributed by atoms with E-state index < -0.39 is 0 Å². The van der Waals surface area contributed by atoms with Gasteiger partial charge in [-0.1, -0.05) is 41.9 Å². The maximum Gasteiger partial charge on any atom is 0.264 e. The predicted molar refractivity (Wildman–Crippen MR) is 119 cm³/mol. The molecule has 5 nitrogen and oxygen atoms in total. The van der Waals surface area contributed by atoms with Crippen LogP contribution in [0.5, 0.6) is 0 Å². The van der Waals surface area contributed by atoms with Crippen molar-refractivity contribution in [3.05, 3.63) is 64.0 Å².